The molecule has 0 bridgehead atoms. The van der Waals surface area contributed by atoms with Gasteiger partial charge in [-0.3, -0.25) is 4.79 Å². The van der Waals surface area contributed by atoms with Crippen molar-refractivity contribution in [2.75, 3.05) is 13.7 Å². The van der Waals surface area contributed by atoms with Gasteiger partial charge in [-0.15, -0.1) is 0 Å². The SMILES string of the molecule is C=C1NC(=O)N[C@@H](c2cc(Cl)cc(OC)c2OCC(=O)O)[C@@H]1C(C)=O. The Hall–Kier alpha value is -2.74. The summed E-state index contributed by atoms with van der Waals surface area (Å²) in [5.74, 6) is -1.95. The maximum absolute atomic E-state index is 12.1. The minimum Gasteiger partial charge on any atom is -0.493 e. The third-order valence-corrected chi connectivity index (χ3v) is 3.87. The lowest BCUT2D eigenvalue weighted by atomic mass is 9.85. The van der Waals surface area contributed by atoms with Crippen LogP contribution >= 0.6 is 11.6 Å². The number of carboxylic acids is 1. The van der Waals surface area contributed by atoms with Gasteiger partial charge in [0.2, 0.25) is 0 Å². The molecular formula is C16H17ClN2O6. The number of rotatable bonds is 6. The van der Waals surface area contributed by atoms with Gasteiger partial charge in [-0.2, -0.15) is 0 Å². The minimum atomic E-state index is -1.19. The summed E-state index contributed by atoms with van der Waals surface area (Å²) in [5.41, 5.74) is 0.547. The molecule has 8 nitrogen and oxygen atoms in total. The number of carbonyl (C=O) groups is 3. The Morgan fingerprint density at radius 3 is 2.64 bits per heavy atom. The van der Waals surface area contributed by atoms with Gasteiger partial charge < -0.3 is 25.2 Å². The maximum atomic E-state index is 12.1. The molecule has 9 heteroatoms. The van der Waals surface area contributed by atoms with Crippen LogP contribution in [0.1, 0.15) is 18.5 Å². The Bertz CT molecular complexity index is 748. The number of hydrogen-bond donors (Lipinski definition) is 3. The van der Waals surface area contributed by atoms with Gasteiger partial charge in [-0.25, -0.2) is 9.59 Å². The van der Waals surface area contributed by atoms with E-state index < -0.39 is 30.6 Å². The fraction of sp³-hybridized carbons (Fsp3) is 0.312. The van der Waals surface area contributed by atoms with Gasteiger partial charge in [0.1, 0.15) is 5.78 Å². The second-order valence-electron chi connectivity index (χ2n) is 5.40. The zero-order chi connectivity index (χ0) is 18.7. The van der Waals surface area contributed by atoms with E-state index in [9.17, 15) is 14.4 Å². The summed E-state index contributed by atoms with van der Waals surface area (Å²) in [5, 5.41) is 14.2. The zero-order valence-corrected chi connectivity index (χ0v) is 14.3. The molecule has 1 aliphatic rings. The first-order valence-electron chi connectivity index (χ1n) is 7.23. The van der Waals surface area contributed by atoms with E-state index >= 15 is 0 Å². The number of ketones is 1. The van der Waals surface area contributed by atoms with Crippen LogP contribution < -0.4 is 20.1 Å². The van der Waals surface area contributed by atoms with E-state index in [-0.39, 0.29) is 28.0 Å². The molecule has 1 saturated heterocycles. The molecule has 2 rings (SSSR count). The van der Waals surface area contributed by atoms with Gasteiger partial charge in [0.15, 0.2) is 18.1 Å². The molecule has 2 amide bonds. The van der Waals surface area contributed by atoms with E-state index in [4.69, 9.17) is 26.2 Å². The maximum Gasteiger partial charge on any atom is 0.341 e. The van der Waals surface area contributed by atoms with Crippen molar-refractivity contribution >= 4 is 29.4 Å². The summed E-state index contributed by atoms with van der Waals surface area (Å²) in [4.78, 5) is 34.8. The second-order valence-corrected chi connectivity index (χ2v) is 5.83. The number of ether oxygens (including phenoxy) is 2. The molecule has 0 unspecified atom stereocenters. The van der Waals surface area contributed by atoms with Crippen LogP contribution in [0.25, 0.3) is 0 Å². The highest BCUT2D eigenvalue weighted by Gasteiger charge is 2.38. The average Bonchev–Trinajstić information content (AvgIpc) is 2.51. The summed E-state index contributed by atoms with van der Waals surface area (Å²) in [7, 11) is 1.37. The second kappa shape index (κ2) is 7.43. The Labute approximate surface area is 148 Å². The molecule has 1 aromatic carbocycles. The van der Waals surface area contributed by atoms with Gasteiger partial charge in [0.25, 0.3) is 0 Å². The molecule has 1 heterocycles. The first-order valence-corrected chi connectivity index (χ1v) is 7.61. The number of methoxy groups -OCH3 is 1. The van der Waals surface area contributed by atoms with E-state index in [0.717, 1.165) is 0 Å². The van der Waals surface area contributed by atoms with Crippen LogP contribution in [-0.4, -0.2) is 36.6 Å². The van der Waals surface area contributed by atoms with Crippen LogP contribution in [0.3, 0.4) is 0 Å². The number of amides is 2. The van der Waals surface area contributed by atoms with Crippen LogP contribution in [0, 0.1) is 5.92 Å². The number of carboxylic acid groups (broad SMARTS) is 1. The summed E-state index contributed by atoms with van der Waals surface area (Å²) >= 11 is 6.10. The van der Waals surface area contributed by atoms with Gasteiger partial charge in [0.05, 0.1) is 19.1 Å². The highest BCUT2D eigenvalue weighted by Crippen LogP contribution is 2.42. The summed E-state index contributed by atoms with van der Waals surface area (Å²) in [6.45, 7) is 4.45. The number of nitrogens with one attached hydrogen (secondary N) is 2. The average molecular weight is 369 g/mol. The lowest BCUT2D eigenvalue weighted by Gasteiger charge is -2.34. The molecule has 0 saturated carbocycles. The van der Waals surface area contributed by atoms with Gasteiger partial charge in [-0.1, -0.05) is 18.2 Å². The highest BCUT2D eigenvalue weighted by molar-refractivity contribution is 6.30. The molecule has 0 spiro atoms. The van der Waals surface area contributed by atoms with E-state index in [1.807, 2.05) is 0 Å². The van der Waals surface area contributed by atoms with Crippen molar-refractivity contribution in [3.05, 3.63) is 35.0 Å². The number of aliphatic carboxylic acids is 1. The smallest absolute Gasteiger partial charge is 0.341 e. The number of Topliss-reactive ketones (excluding diaryl/α,β-unsaturated/α-hetero) is 1. The van der Waals surface area contributed by atoms with E-state index in [1.54, 1.807) is 0 Å². The van der Waals surface area contributed by atoms with Crippen molar-refractivity contribution in [2.45, 2.75) is 13.0 Å². The Morgan fingerprint density at radius 2 is 2.08 bits per heavy atom. The number of hydrogen-bond acceptors (Lipinski definition) is 5. The van der Waals surface area contributed by atoms with Crippen LogP contribution in [0.2, 0.25) is 5.02 Å². The standard InChI is InChI=1S/C16H17ClN2O6/c1-7-13(8(2)20)14(19-16(23)18-7)10-4-9(17)5-11(24-3)15(10)25-6-12(21)22/h4-5,13-14H,1,6H2,2-3H3,(H,21,22)(H2,18,19,23)/t13-,14-/m0/s1. The number of urea groups is 1. The quantitative estimate of drug-likeness (QED) is 0.706. The summed E-state index contributed by atoms with van der Waals surface area (Å²) in [6, 6.07) is 1.55. The first kappa shape index (κ1) is 18.6. The van der Waals surface area contributed by atoms with E-state index in [2.05, 4.69) is 17.2 Å². The van der Waals surface area contributed by atoms with Crippen LogP contribution in [0.5, 0.6) is 11.5 Å². The predicted molar refractivity (Wildman–Crippen MR) is 88.9 cm³/mol. The number of carbonyl (C=O) groups excluding carboxylic acids is 2. The monoisotopic (exact) mass is 368 g/mol. The van der Waals surface area contributed by atoms with E-state index in [0.29, 0.717) is 5.56 Å². The lowest BCUT2D eigenvalue weighted by molar-refractivity contribution is -0.139. The van der Waals surface area contributed by atoms with Crippen LogP contribution in [0.15, 0.2) is 24.4 Å². The summed E-state index contributed by atoms with van der Waals surface area (Å²) in [6.07, 6.45) is 0. The van der Waals surface area contributed by atoms with Crippen molar-refractivity contribution < 1.29 is 29.0 Å². The molecule has 0 radical (unpaired) electrons. The molecule has 0 aliphatic carbocycles. The van der Waals surface area contributed by atoms with Crippen molar-refractivity contribution in [3.63, 3.8) is 0 Å². The zero-order valence-electron chi connectivity index (χ0n) is 13.6. The van der Waals surface area contributed by atoms with Gasteiger partial charge >= 0.3 is 12.0 Å². The predicted octanol–water partition coefficient (Wildman–Crippen LogP) is 1.88. The van der Waals surface area contributed by atoms with Crippen molar-refractivity contribution in [2.24, 2.45) is 5.92 Å². The fourth-order valence-electron chi connectivity index (χ4n) is 2.68. The molecule has 1 aliphatic heterocycles. The number of benzene rings is 1. The molecule has 0 aromatic heterocycles. The first-order chi connectivity index (χ1) is 11.7. The van der Waals surface area contributed by atoms with Crippen LogP contribution in [0.4, 0.5) is 4.79 Å². The van der Waals surface area contributed by atoms with Crippen LogP contribution in [-0.2, 0) is 9.59 Å². The molecule has 2 atom stereocenters. The fourth-order valence-corrected chi connectivity index (χ4v) is 2.90. The Morgan fingerprint density at radius 1 is 1.40 bits per heavy atom. The molecule has 1 aromatic rings. The minimum absolute atomic E-state index is 0.0838. The molecule has 25 heavy (non-hydrogen) atoms. The molecule has 1 fully saturated rings. The highest BCUT2D eigenvalue weighted by atomic mass is 35.5. The third-order valence-electron chi connectivity index (χ3n) is 3.65. The van der Waals surface area contributed by atoms with Crippen molar-refractivity contribution in [3.8, 4) is 11.5 Å². The molecule has 3 N–H and O–H groups in total. The van der Waals surface area contributed by atoms with E-state index in [1.165, 1.54) is 26.2 Å². The number of halogens is 1. The third kappa shape index (κ3) is 4.03. The summed E-state index contributed by atoms with van der Waals surface area (Å²) < 4.78 is 10.5. The Balaban J connectivity index is 2.59. The Kier molecular flexibility index (Phi) is 5.53. The van der Waals surface area contributed by atoms with Gasteiger partial charge in [-0.05, 0) is 13.0 Å². The normalized spacial score (nSPS) is 19.6. The van der Waals surface area contributed by atoms with Crippen molar-refractivity contribution in [1.82, 2.24) is 10.6 Å². The lowest BCUT2D eigenvalue weighted by Crippen LogP contribution is -2.50. The van der Waals surface area contributed by atoms with Crippen molar-refractivity contribution in [1.29, 1.82) is 0 Å². The largest absolute Gasteiger partial charge is 0.493 e. The topological polar surface area (TPSA) is 114 Å². The molecule has 134 valence electrons. The van der Waals surface area contributed by atoms with Gasteiger partial charge in [0, 0.05) is 22.3 Å². The molecular weight excluding hydrogens is 352 g/mol.